The molecule has 0 radical (unpaired) electrons. The third-order valence-electron chi connectivity index (χ3n) is 2.76. The van der Waals surface area contributed by atoms with Gasteiger partial charge in [-0.2, -0.15) is 0 Å². The van der Waals surface area contributed by atoms with Crippen LogP contribution in [0.1, 0.15) is 20.3 Å². The Labute approximate surface area is 112 Å². The van der Waals surface area contributed by atoms with Gasteiger partial charge < -0.3 is 5.73 Å². The third-order valence-corrected chi connectivity index (χ3v) is 5.72. The van der Waals surface area contributed by atoms with E-state index in [2.05, 4.69) is 0 Å². The summed E-state index contributed by atoms with van der Waals surface area (Å²) in [6, 6.07) is 3.96. The van der Waals surface area contributed by atoms with Gasteiger partial charge in [-0.15, -0.1) is 0 Å². The van der Waals surface area contributed by atoms with E-state index in [4.69, 9.17) is 28.9 Å². The summed E-state index contributed by atoms with van der Waals surface area (Å²) >= 11 is 11.7. The van der Waals surface area contributed by atoms with Gasteiger partial charge in [0.15, 0.2) is 9.84 Å². The van der Waals surface area contributed by atoms with E-state index in [1.165, 1.54) is 12.1 Å². The second kappa shape index (κ2) is 5.57. The average Bonchev–Trinajstić information content (AvgIpc) is 2.30. The van der Waals surface area contributed by atoms with Crippen LogP contribution in [0.4, 0.5) is 0 Å². The van der Waals surface area contributed by atoms with Gasteiger partial charge in [-0.05, 0) is 31.5 Å². The van der Waals surface area contributed by atoms with Crippen LogP contribution in [0.25, 0.3) is 0 Å². The molecule has 0 amide bonds. The fraction of sp³-hybridized carbons (Fsp3) is 0.455. The van der Waals surface area contributed by atoms with Crippen LogP contribution in [-0.4, -0.2) is 19.7 Å². The van der Waals surface area contributed by atoms with Crippen molar-refractivity contribution in [1.29, 1.82) is 0 Å². The van der Waals surface area contributed by atoms with Gasteiger partial charge in [-0.25, -0.2) is 8.42 Å². The molecule has 0 saturated carbocycles. The summed E-state index contributed by atoms with van der Waals surface area (Å²) in [5, 5.41) is -0.182. The number of hydrogen-bond donors (Lipinski definition) is 1. The van der Waals surface area contributed by atoms with Crippen molar-refractivity contribution in [3.05, 3.63) is 28.2 Å². The first-order chi connectivity index (χ1) is 7.80. The highest BCUT2D eigenvalue weighted by Gasteiger charge is 2.29. The molecule has 0 aliphatic carbocycles. The van der Waals surface area contributed by atoms with E-state index in [9.17, 15) is 8.42 Å². The molecular formula is C11H15Cl2NO2S. The molecule has 2 N–H and O–H groups in total. The van der Waals surface area contributed by atoms with E-state index >= 15 is 0 Å². The Kier molecular flexibility index (Phi) is 4.84. The molecule has 1 aromatic rings. The van der Waals surface area contributed by atoms with Crippen LogP contribution < -0.4 is 5.73 Å². The van der Waals surface area contributed by atoms with E-state index in [1.54, 1.807) is 13.0 Å². The zero-order chi connectivity index (χ0) is 13.2. The second-order valence-corrected chi connectivity index (χ2v) is 7.01. The van der Waals surface area contributed by atoms with Crippen molar-refractivity contribution in [2.45, 2.75) is 36.5 Å². The van der Waals surface area contributed by atoms with E-state index in [1.807, 2.05) is 6.92 Å². The zero-order valence-corrected chi connectivity index (χ0v) is 12.0. The smallest absolute Gasteiger partial charge is 0.183 e. The molecule has 1 aromatic carbocycles. The Morgan fingerprint density at radius 3 is 2.47 bits per heavy atom. The molecule has 0 heterocycles. The summed E-state index contributed by atoms with van der Waals surface area (Å²) < 4.78 is 24.6. The first-order valence-electron chi connectivity index (χ1n) is 5.25. The van der Waals surface area contributed by atoms with Gasteiger partial charge in [0.2, 0.25) is 0 Å². The standard InChI is InChI=1S/C11H15Cl2NO2S/c1-3-10(14)7(2)17(15,16)11-6-8(12)4-5-9(11)13/h4-7,10H,3,14H2,1-2H3. The molecule has 2 atom stereocenters. The van der Waals surface area contributed by atoms with Gasteiger partial charge in [-0.3, -0.25) is 0 Å². The van der Waals surface area contributed by atoms with Crippen LogP contribution >= 0.6 is 23.2 Å². The predicted molar refractivity (Wildman–Crippen MR) is 71.4 cm³/mol. The Morgan fingerprint density at radius 2 is 1.94 bits per heavy atom. The van der Waals surface area contributed by atoms with E-state index in [0.29, 0.717) is 11.4 Å². The average molecular weight is 296 g/mol. The number of sulfone groups is 1. The number of nitrogens with two attached hydrogens (primary N) is 1. The van der Waals surface area contributed by atoms with Gasteiger partial charge in [0, 0.05) is 11.1 Å². The second-order valence-electron chi connectivity index (χ2n) is 3.90. The summed E-state index contributed by atoms with van der Waals surface area (Å²) in [5.41, 5.74) is 5.77. The largest absolute Gasteiger partial charge is 0.327 e. The van der Waals surface area contributed by atoms with E-state index in [-0.39, 0.29) is 9.92 Å². The third kappa shape index (κ3) is 3.13. The molecule has 1 rings (SSSR count). The molecule has 0 aliphatic rings. The molecule has 0 aromatic heterocycles. The zero-order valence-electron chi connectivity index (χ0n) is 9.65. The Morgan fingerprint density at radius 1 is 1.35 bits per heavy atom. The van der Waals surface area contributed by atoms with Crippen molar-refractivity contribution < 1.29 is 8.42 Å². The molecule has 0 aliphatic heterocycles. The minimum Gasteiger partial charge on any atom is -0.327 e. The summed E-state index contributed by atoms with van der Waals surface area (Å²) in [6.07, 6.45) is 0.582. The van der Waals surface area contributed by atoms with Crippen molar-refractivity contribution in [3.63, 3.8) is 0 Å². The van der Waals surface area contributed by atoms with Crippen molar-refractivity contribution in [2.75, 3.05) is 0 Å². The molecule has 6 heteroatoms. The Balaban J connectivity index is 3.26. The molecule has 2 unspecified atom stereocenters. The van der Waals surface area contributed by atoms with Crippen molar-refractivity contribution in [3.8, 4) is 0 Å². The maximum absolute atomic E-state index is 12.3. The molecular weight excluding hydrogens is 281 g/mol. The maximum Gasteiger partial charge on any atom is 0.183 e. The van der Waals surface area contributed by atoms with Crippen LogP contribution in [0.15, 0.2) is 23.1 Å². The monoisotopic (exact) mass is 295 g/mol. The maximum atomic E-state index is 12.3. The molecule has 17 heavy (non-hydrogen) atoms. The number of benzene rings is 1. The Bertz CT molecular complexity index is 502. The van der Waals surface area contributed by atoms with Crippen LogP contribution in [0.3, 0.4) is 0 Å². The lowest BCUT2D eigenvalue weighted by atomic mass is 10.2. The minimum absolute atomic E-state index is 0.0445. The highest BCUT2D eigenvalue weighted by atomic mass is 35.5. The molecule has 0 saturated heterocycles. The first kappa shape index (κ1) is 14.8. The lowest BCUT2D eigenvalue weighted by Crippen LogP contribution is -2.37. The summed E-state index contributed by atoms with van der Waals surface area (Å²) in [7, 11) is -3.54. The molecule has 0 fully saturated rings. The van der Waals surface area contributed by atoms with E-state index in [0.717, 1.165) is 0 Å². The molecule has 3 nitrogen and oxygen atoms in total. The highest BCUT2D eigenvalue weighted by Crippen LogP contribution is 2.28. The quantitative estimate of drug-likeness (QED) is 0.929. The predicted octanol–water partition coefficient (Wildman–Crippen LogP) is 2.89. The van der Waals surface area contributed by atoms with Crippen molar-refractivity contribution in [1.82, 2.24) is 0 Å². The number of hydrogen-bond acceptors (Lipinski definition) is 3. The first-order valence-corrected chi connectivity index (χ1v) is 7.55. The van der Waals surface area contributed by atoms with Crippen molar-refractivity contribution >= 4 is 33.0 Å². The normalized spacial score (nSPS) is 15.6. The van der Waals surface area contributed by atoms with Crippen LogP contribution in [-0.2, 0) is 9.84 Å². The van der Waals surface area contributed by atoms with Crippen molar-refractivity contribution in [2.24, 2.45) is 5.73 Å². The lowest BCUT2D eigenvalue weighted by molar-refractivity contribution is 0.552. The SMILES string of the molecule is CCC(N)C(C)S(=O)(=O)c1cc(Cl)ccc1Cl. The summed E-state index contributed by atoms with van der Waals surface area (Å²) in [5.74, 6) is 0. The molecule has 0 spiro atoms. The van der Waals surface area contributed by atoms with Gasteiger partial charge in [0.05, 0.1) is 15.2 Å². The van der Waals surface area contributed by atoms with Gasteiger partial charge in [-0.1, -0.05) is 30.1 Å². The van der Waals surface area contributed by atoms with Crippen LogP contribution in [0, 0.1) is 0 Å². The highest BCUT2D eigenvalue weighted by molar-refractivity contribution is 7.92. The van der Waals surface area contributed by atoms with Gasteiger partial charge in [0.1, 0.15) is 0 Å². The van der Waals surface area contributed by atoms with E-state index < -0.39 is 21.1 Å². The topological polar surface area (TPSA) is 60.2 Å². The minimum atomic E-state index is -3.54. The Hall–Kier alpha value is -0.290. The number of halogens is 2. The fourth-order valence-corrected chi connectivity index (χ4v) is 3.82. The van der Waals surface area contributed by atoms with Gasteiger partial charge in [0.25, 0.3) is 0 Å². The van der Waals surface area contributed by atoms with Gasteiger partial charge >= 0.3 is 0 Å². The lowest BCUT2D eigenvalue weighted by Gasteiger charge is -2.19. The number of rotatable bonds is 4. The van der Waals surface area contributed by atoms with Crippen LogP contribution in [0.5, 0.6) is 0 Å². The fourth-order valence-electron chi connectivity index (χ4n) is 1.46. The summed E-state index contributed by atoms with van der Waals surface area (Å²) in [6.45, 7) is 3.43. The molecule has 0 bridgehead atoms. The summed E-state index contributed by atoms with van der Waals surface area (Å²) in [4.78, 5) is 0.0445. The van der Waals surface area contributed by atoms with Crippen LogP contribution in [0.2, 0.25) is 10.0 Å². The molecule has 96 valence electrons.